The molecule has 4 heteroatoms. The Balaban J connectivity index is 2.29. The molecule has 0 aromatic carbocycles. The van der Waals surface area contributed by atoms with Crippen LogP contribution in [-0.2, 0) is 4.79 Å². The fourth-order valence-electron chi connectivity index (χ4n) is 2.27. The van der Waals surface area contributed by atoms with Crippen LogP contribution in [0.3, 0.4) is 0 Å². The minimum atomic E-state index is -0.0175. The molecule has 4 nitrogen and oxygen atoms in total. The van der Waals surface area contributed by atoms with Gasteiger partial charge in [-0.2, -0.15) is 0 Å². The minimum Gasteiger partial charge on any atom is -0.491 e. The summed E-state index contributed by atoms with van der Waals surface area (Å²) in [7, 11) is 3.13. The molecule has 2 rings (SSSR count). The number of Topliss-reactive ketones (excluding diaryl/α,β-unsaturated/α-hetero) is 1. The third-order valence-corrected chi connectivity index (χ3v) is 3.21. The molecule has 1 unspecified atom stereocenters. The number of hydrogen-bond donors (Lipinski definition) is 0. The van der Waals surface area contributed by atoms with E-state index >= 15 is 0 Å². The number of ether oxygens (including phenoxy) is 2. The zero-order chi connectivity index (χ0) is 12.3. The first-order chi connectivity index (χ1) is 8.26. The van der Waals surface area contributed by atoms with E-state index in [2.05, 4.69) is 4.98 Å². The maximum atomic E-state index is 11.8. The zero-order valence-electron chi connectivity index (χ0n) is 10.2. The van der Waals surface area contributed by atoms with E-state index in [9.17, 15) is 4.79 Å². The first-order valence-electron chi connectivity index (χ1n) is 5.87. The molecular weight excluding hydrogens is 218 g/mol. The molecule has 0 bridgehead atoms. The van der Waals surface area contributed by atoms with Gasteiger partial charge in [-0.3, -0.25) is 4.79 Å². The molecule has 0 amide bonds. The van der Waals surface area contributed by atoms with Gasteiger partial charge in [0, 0.05) is 18.5 Å². The lowest BCUT2D eigenvalue weighted by atomic mass is 9.83. The van der Waals surface area contributed by atoms with Crippen molar-refractivity contribution in [2.75, 3.05) is 14.2 Å². The van der Waals surface area contributed by atoms with E-state index in [4.69, 9.17) is 9.47 Å². The maximum absolute atomic E-state index is 11.8. The summed E-state index contributed by atoms with van der Waals surface area (Å²) < 4.78 is 10.3. The summed E-state index contributed by atoms with van der Waals surface area (Å²) >= 11 is 0. The molecule has 0 saturated heterocycles. The Bertz CT molecular complexity index is 417. The van der Waals surface area contributed by atoms with Crippen LogP contribution in [0.5, 0.6) is 11.6 Å². The average molecular weight is 235 g/mol. The maximum Gasteiger partial charge on any atom is 0.256 e. The van der Waals surface area contributed by atoms with Gasteiger partial charge in [0.15, 0.2) is 5.75 Å². The van der Waals surface area contributed by atoms with Crippen LogP contribution in [0.2, 0.25) is 0 Å². The van der Waals surface area contributed by atoms with Crippen molar-refractivity contribution >= 4 is 5.78 Å². The lowest BCUT2D eigenvalue weighted by molar-refractivity contribution is -0.121. The van der Waals surface area contributed by atoms with E-state index in [1.54, 1.807) is 20.4 Å². The van der Waals surface area contributed by atoms with Crippen molar-refractivity contribution in [2.24, 2.45) is 0 Å². The second-order valence-electron chi connectivity index (χ2n) is 4.24. The summed E-state index contributed by atoms with van der Waals surface area (Å²) in [5.74, 6) is 1.34. The number of hydrogen-bond acceptors (Lipinski definition) is 4. The van der Waals surface area contributed by atoms with Gasteiger partial charge in [0.2, 0.25) is 0 Å². The minimum absolute atomic E-state index is 0.0175. The Hall–Kier alpha value is -1.58. The van der Waals surface area contributed by atoms with Crippen molar-refractivity contribution in [1.29, 1.82) is 0 Å². The van der Waals surface area contributed by atoms with Crippen LogP contribution in [0.1, 0.15) is 37.2 Å². The molecule has 0 radical (unpaired) electrons. The van der Waals surface area contributed by atoms with Crippen molar-refractivity contribution in [3.63, 3.8) is 0 Å². The molecule has 1 aliphatic carbocycles. The second kappa shape index (κ2) is 5.17. The monoisotopic (exact) mass is 235 g/mol. The van der Waals surface area contributed by atoms with Gasteiger partial charge >= 0.3 is 0 Å². The van der Waals surface area contributed by atoms with E-state index in [1.807, 2.05) is 6.07 Å². The Morgan fingerprint density at radius 3 is 2.76 bits per heavy atom. The molecule has 1 aromatic rings. The number of nitrogens with zero attached hydrogens (tertiary/aromatic N) is 1. The van der Waals surface area contributed by atoms with Crippen molar-refractivity contribution in [1.82, 2.24) is 4.98 Å². The van der Waals surface area contributed by atoms with Crippen LogP contribution in [0.4, 0.5) is 0 Å². The average Bonchev–Trinajstić information content (AvgIpc) is 2.38. The van der Waals surface area contributed by atoms with Gasteiger partial charge in [0.05, 0.1) is 14.2 Å². The summed E-state index contributed by atoms with van der Waals surface area (Å²) in [6, 6.07) is 1.86. The van der Waals surface area contributed by atoms with Crippen LogP contribution < -0.4 is 9.47 Å². The predicted molar refractivity (Wildman–Crippen MR) is 63.6 cm³/mol. The van der Waals surface area contributed by atoms with Crippen molar-refractivity contribution < 1.29 is 14.3 Å². The number of ketones is 1. The van der Waals surface area contributed by atoms with Gasteiger partial charge < -0.3 is 9.47 Å². The van der Waals surface area contributed by atoms with Crippen LogP contribution in [-0.4, -0.2) is 25.0 Å². The Morgan fingerprint density at radius 1 is 1.29 bits per heavy atom. The van der Waals surface area contributed by atoms with E-state index < -0.39 is 0 Å². The van der Waals surface area contributed by atoms with Crippen LogP contribution >= 0.6 is 0 Å². The molecule has 0 N–H and O–H groups in total. The molecule has 1 heterocycles. The Kier molecular flexibility index (Phi) is 3.61. The molecule has 1 aromatic heterocycles. The van der Waals surface area contributed by atoms with Gasteiger partial charge in [0.1, 0.15) is 5.78 Å². The highest BCUT2D eigenvalue weighted by Crippen LogP contribution is 2.33. The number of carbonyl (C=O) groups is 1. The summed E-state index contributed by atoms with van der Waals surface area (Å²) in [5, 5.41) is 0. The van der Waals surface area contributed by atoms with E-state index in [-0.39, 0.29) is 5.92 Å². The van der Waals surface area contributed by atoms with E-state index in [0.717, 1.165) is 24.8 Å². The second-order valence-corrected chi connectivity index (χ2v) is 4.24. The number of pyridine rings is 1. The molecule has 17 heavy (non-hydrogen) atoms. The van der Waals surface area contributed by atoms with Gasteiger partial charge in [-0.25, -0.2) is 4.98 Å². The van der Waals surface area contributed by atoms with Gasteiger partial charge in [-0.1, -0.05) is 6.42 Å². The topological polar surface area (TPSA) is 48.4 Å². The standard InChI is InChI=1S/C13H17NO3/c1-16-12-7-9(8-14-13(12)17-2)10-5-3-4-6-11(10)15/h7-8,10H,3-6H2,1-2H3. The van der Waals surface area contributed by atoms with Crippen molar-refractivity contribution in [3.05, 3.63) is 17.8 Å². The summed E-state index contributed by atoms with van der Waals surface area (Å²) in [5.41, 5.74) is 0.937. The first kappa shape index (κ1) is 11.9. The predicted octanol–water partition coefficient (Wildman–Crippen LogP) is 2.33. The smallest absolute Gasteiger partial charge is 0.256 e. The molecule has 1 aliphatic rings. The number of methoxy groups -OCH3 is 2. The number of aromatic nitrogens is 1. The van der Waals surface area contributed by atoms with Crippen LogP contribution in [0.15, 0.2) is 12.3 Å². The van der Waals surface area contributed by atoms with Crippen LogP contribution in [0.25, 0.3) is 0 Å². The third kappa shape index (κ3) is 2.40. The number of carbonyl (C=O) groups excluding carboxylic acids is 1. The molecule has 0 aliphatic heterocycles. The van der Waals surface area contributed by atoms with E-state index in [0.29, 0.717) is 23.8 Å². The Morgan fingerprint density at radius 2 is 2.12 bits per heavy atom. The molecular formula is C13H17NO3. The van der Waals surface area contributed by atoms with Crippen molar-refractivity contribution in [3.8, 4) is 11.6 Å². The van der Waals surface area contributed by atoms with Gasteiger partial charge in [0.25, 0.3) is 5.88 Å². The lowest BCUT2D eigenvalue weighted by Crippen LogP contribution is -2.17. The molecule has 1 saturated carbocycles. The van der Waals surface area contributed by atoms with Gasteiger partial charge in [-0.15, -0.1) is 0 Å². The van der Waals surface area contributed by atoms with Gasteiger partial charge in [-0.05, 0) is 24.5 Å². The summed E-state index contributed by atoms with van der Waals surface area (Å²) in [6.07, 6.45) is 5.42. The fourth-order valence-corrected chi connectivity index (χ4v) is 2.27. The summed E-state index contributed by atoms with van der Waals surface area (Å²) in [6.45, 7) is 0. The summed E-state index contributed by atoms with van der Waals surface area (Å²) in [4.78, 5) is 16.0. The highest BCUT2D eigenvalue weighted by molar-refractivity contribution is 5.86. The Labute approximate surface area is 101 Å². The first-order valence-corrected chi connectivity index (χ1v) is 5.87. The fraction of sp³-hybridized carbons (Fsp3) is 0.538. The molecule has 92 valence electrons. The normalized spacial score (nSPS) is 20.1. The molecule has 1 fully saturated rings. The lowest BCUT2D eigenvalue weighted by Gasteiger charge is -2.21. The zero-order valence-corrected chi connectivity index (χ0v) is 10.2. The third-order valence-electron chi connectivity index (χ3n) is 3.21. The quantitative estimate of drug-likeness (QED) is 0.806. The molecule has 0 spiro atoms. The number of rotatable bonds is 3. The van der Waals surface area contributed by atoms with Crippen LogP contribution in [0, 0.1) is 0 Å². The molecule has 1 atom stereocenters. The largest absolute Gasteiger partial charge is 0.491 e. The van der Waals surface area contributed by atoms with E-state index in [1.165, 1.54) is 0 Å². The van der Waals surface area contributed by atoms with Crippen molar-refractivity contribution in [2.45, 2.75) is 31.6 Å². The highest BCUT2D eigenvalue weighted by Gasteiger charge is 2.25. The SMILES string of the molecule is COc1cc(C2CCCCC2=O)cnc1OC. The highest BCUT2D eigenvalue weighted by atomic mass is 16.5.